The summed E-state index contributed by atoms with van der Waals surface area (Å²) >= 11 is 0. The van der Waals surface area contributed by atoms with Crippen LogP contribution >= 0.6 is 0 Å². The van der Waals surface area contributed by atoms with E-state index < -0.39 is 21.5 Å². The number of nitrogens with zero attached hydrogens (tertiary/aromatic N) is 2. The fourth-order valence-electron chi connectivity index (χ4n) is 3.44. The minimum absolute atomic E-state index is 0.148. The van der Waals surface area contributed by atoms with E-state index in [0.717, 1.165) is 32.1 Å². The Labute approximate surface area is 124 Å². The zero-order valence-electron chi connectivity index (χ0n) is 12.1. The predicted octanol–water partition coefficient (Wildman–Crippen LogP) is 1.66. The number of pyridine rings is 1. The van der Waals surface area contributed by atoms with Crippen molar-refractivity contribution in [3.63, 3.8) is 0 Å². The van der Waals surface area contributed by atoms with E-state index in [1.54, 1.807) is 7.05 Å². The Hall–Kier alpha value is -1.47. The van der Waals surface area contributed by atoms with Crippen LogP contribution in [0.15, 0.2) is 17.2 Å². The molecule has 1 aliphatic heterocycles. The van der Waals surface area contributed by atoms with Gasteiger partial charge in [-0.2, -0.15) is 4.31 Å². The fourth-order valence-corrected chi connectivity index (χ4v) is 5.22. The van der Waals surface area contributed by atoms with Gasteiger partial charge in [-0.05, 0) is 18.9 Å². The lowest BCUT2D eigenvalue weighted by molar-refractivity contribution is 0.0599. The van der Waals surface area contributed by atoms with Crippen LogP contribution < -0.4 is 0 Å². The Morgan fingerprint density at radius 3 is 2.62 bits per heavy atom. The molecule has 3 rings (SSSR count). The Balaban J connectivity index is 2.19. The maximum atomic E-state index is 12.7. The molecule has 21 heavy (non-hydrogen) atoms. The molecule has 0 N–H and O–H groups in total. The maximum Gasteiger partial charge on any atom is 0.339 e. The number of sulfonamides is 1. The van der Waals surface area contributed by atoms with Gasteiger partial charge in [0.1, 0.15) is 4.90 Å². The van der Waals surface area contributed by atoms with Gasteiger partial charge in [-0.15, -0.1) is 0 Å². The third kappa shape index (κ3) is 1.91. The van der Waals surface area contributed by atoms with Crippen LogP contribution in [-0.4, -0.2) is 37.8 Å². The lowest BCUT2D eigenvalue weighted by Gasteiger charge is -2.37. The number of fused-ring (bicyclic) bond motifs is 2. The zero-order valence-corrected chi connectivity index (χ0v) is 12.9. The van der Waals surface area contributed by atoms with E-state index in [0.29, 0.717) is 5.69 Å². The van der Waals surface area contributed by atoms with E-state index in [1.165, 1.54) is 23.7 Å². The molecule has 1 aromatic rings. The summed E-state index contributed by atoms with van der Waals surface area (Å²) in [5.74, 6) is -0.576. The molecule has 1 aromatic heterocycles. The molecule has 0 atom stereocenters. The van der Waals surface area contributed by atoms with Crippen molar-refractivity contribution >= 4 is 16.0 Å². The number of rotatable bonds is 1. The standard InChI is InChI=1S/C14H18N2O4S/c1-16-14(6-4-3-5-7-14)12-11(21(16,18)19)8-10(9-15-12)13(17)20-2/h8-9H,3-7H2,1-2H3. The van der Waals surface area contributed by atoms with E-state index in [2.05, 4.69) is 9.72 Å². The van der Waals surface area contributed by atoms with Gasteiger partial charge in [0, 0.05) is 13.2 Å². The lowest BCUT2D eigenvalue weighted by atomic mass is 9.79. The van der Waals surface area contributed by atoms with Gasteiger partial charge in [-0.25, -0.2) is 13.2 Å². The monoisotopic (exact) mass is 310 g/mol. The van der Waals surface area contributed by atoms with Gasteiger partial charge in [0.2, 0.25) is 10.0 Å². The second-order valence-electron chi connectivity index (χ2n) is 5.63. The summed E-state index contributed by atoms with van der Waals surface area (Å²) in [5, 5.41) is 0. The van der Waals surface area contributed by atoms with Crippen molar-refractivity contribution in [3.05, 3.63) is 23.5 Å². The van der Waals surface area contributed by atoms with Crippen molar-refractivity contribution in [1.29, 1.82) is 0 Å². The highest BCUT2D eigenvalue weighted by Crippen LogP contribution is 2.50. The van der Waals surface area contributed by atoms with Crippen molar-refractivity contribution < 1.29 is 17.9 Å². The lowest BCUT2D eigenvalue weighted by Crippen LogP contribution is -2.42. The van der Waals surface area contributed by atoms with Crippen LogP contribution in [0.3, 0.4) is 0 Å². The molecule has 0 bridgehead atoms. The Kier molecular flexibility index (Phi) is 3.29. The maximum absolute atomic E-state index is 12.7. The summed E-state index contributed by atoms with van der Waals surface area (Å²) in [6.07, 6.45) is 6.06. The molecule has 7 heteroatoms. The zero-order chi connectivity index (χ0) is 15.3. The minimum atomic E-state index is -3.59. The van der Waals surface area contributed by atoms with Crippen molar-refractivity contribution in [2.75, 3.05) is 14.2 Å². The van der Waals surface area contributed by atoms with E-state index in [9.17, 15) is 13.2 Å². The third-order valence-corrected chi connectivity index (χ3v) is 6.57. The number of aromatic nitrogens is 1. The van der Waals surface area contributed by atoms with Crippen LogP contribution in [0.5, 0.6) is 0 Å². The minimum Gasteiger partial charge on any atom is -0.465 e. The van der Waals surface area contributed by atoms with Crippen LogP contribution in [0.1, 0.15) is 48.2 Å². The van der Waals surface area contributed by atoms with Crippen LogP contribution in [0.4, 0.5) is 0 Å². The first-order valence-electron chi connectivity index (χ1n) is 7.01. The SMILES string of the molecule is COC(=O)c1cnc2c(c1)S(=O)(=O)N(C)C21CCCCC1. The number of esters is 1. The number of carbonyl (C=O) groups excluding carboxylic acids is 1. The quantitative estimate of drug-likeness (QED) is 0.737. The first-order chi connectivity index (χ1) is 9.93. The smallest absolute Gasteiger partial charge is 0.339 e. The molecule has 114 valence electrons. The molecule has 0 aromatic carbocycles. The highest BCUT2D eigenvalue weighted by atomic mass is 32.2. The van der Waals surface area contributed by atoms with Gasteiger partial charge < -0.3 is 4.74 Å². The Morgan fingerprint density at radius 1 is 1.33 bits per heavy atom. The molecule has 1 aliphatic carbocycles. The van der Waals surface area contributed by atoms with Gasteiger partial charge >= 0.3 is 5.97 Å². The first kappa shape index (κ1) is 14.5. The Bertz CT molecular complexity index is 693. The second-order valence-corrected chi connectivity index (χ2v) is 7.56. The molecule has 0 amide bonds. The molecule has 0 unspecified atom stereocenters. The molecule has 1 fully saturated rings. The molecule has 0 saturated heterocycles. The number of hydrogen-bond acceptors (Lipinski definition) is 5. The summed E-state index contributed by atoms with van der Waals surface area (Å²) in [5.41, 5.74) is 0.208. The van der Waals surface area contributed by atoms with Gasteiger partial charge in [0.15, 0.2) is 0 Å². The number of ether oxygens (including phenoxy) is 1. The molecule has 6 nitrogen and oxygen atoms in total. The molecular weight excluding hydrogens is 292 g/mol. The number of hydrogen-bond donors (Lipinski definition) is 0. The van der Waals surface area contributed by atoms with E-state index >= 15 is 0 Å². The average molecular weight is 310 g/mol. The fraction of sp³-hybridized carbons (Fsp3) is 0.571. The summed E-state index contributed by atoms with van der Waals surface area (Å²) < 4.78 is 31.4. The van der Waals surface area contributed by atoms with Gasteiger partial charge in [0.25, 0.3) is 0 Å². The molecule has 0 radical (unpaired) electrons. The van der Waals surface area contributed by atoms with Crippen molar-refractivity contribution in [2.45, 2.75) is 42.5 Å². The van der Waals surface area contributed by atoms with Gasteiger partial charge in [-0.1, -0.05) is 19.3 Å². The molecule has 1 spiro atoms. The number of carbonyl (C=O) groups is 1. The summed E-state index contributed by atoms with van der Waals surface area (Å²) in [4.78, 5) is 16.1. The van der Waals surface area contributed by atoms with E-state index in [1.807, 2.05) is 0 Å². The average Bonchev–Trinajstić information content (AvgIpc) is 2.67. The molecule has 2 aliphatic rings. The van der Waals surface area contributed by atoms with Crippen molar-refractivity contribution in [3.8, 4) is 0 Å². The highest BCUT2D eigenvalue weighted by molar-refractivity contribution is 7.89. The summed E-state index contributed by atoms with van der Waals surface area (Å²) in [6, 6.07) is 1.39. The van der Waals surface area contributed by atoms with Gasteiger partial charge in [-0.3, -0.25) is 4.98 Å². The topological polar surface area (TPSA) is 76.6 Å². The van der Waals surface area contributed by atoms with Crippen LogP contribution in [0.25, 0.3) is 0 Å². The predicted molar refractivity (Wildman–Crippen MR) is 75.3 cm³/mol. The molecule has 2 heterocycles. The van der Waals surface area contributed by atoms with Crippen LogP contribution in [-0.2, 0) is 20.3 Å². The largest absolute Gasteiger partial charge is 0.465 e. The van der Waals surface area contributed by atoms with Crippen LogP contribution in [0.2, 0.25) is 0 Å². The van der Waals surface area contributed by atoms with E-state index in [4.69, 9.17) is 0 Å². The van der Waals surface area contributed by atoms with E-state index in [-0.39, 0.29) is 10.5 Å². The molecule has 1 saturated carbocycles. The van der Waals surface area contributed by atoms with Crippen molar-refractivity contribution in [2.24, 2.45) is 0 Å². The third-order valence-electron chi connectivity index (χ3n) is 4.64. The van der Waals surface area contributed by atoms with Crippen molar-refractivity contribution in [1.82, 2.24) is 9.29 Å². The molecular formula is C14H18N2O4S. The second kappa shape index (κ2) is 4.78. The van der Waals surface area contributed by atoms with Crippen LogP contribution in [0, 0.1) is 0 Å². The number of methoxy groups -OCH3 is 1. The Morgan fingerprint density at radius 2 is 2.00 bits per heavy atom. The summed E-state index contributed by atoms with van der Waals surface area (Å²) in [6.45, 7) is 0. The summed E-state index contributed by atoms with van der Waals surface area (Å²) in [7, 11) is -0.720. The first-order valence-corrected chi connectivity index (χ1v) is 8.45. The highest BCUT2D eigenvalue weighted by Gasteiger charge is 2.53. The normalized spacial score (nSPS) is 23.0. The van der Waals surface area contributed by atoms with Gasteiger partial charge in [0.05, 0.1) is 23.9 Å².